The zero-order chi connectivity index (χ0) is 33.8. The van der Waals surface area contributed by atoms with Crippen LogP contribution in [-0.2, 0) is 14.2 Å². The first-order valence-corrected chi connectivity index (χ1v) is 22.1. The minimum absolute atomic E-state index is 0.696. The highest BCUT2D eigenvalue weighted by molar-refractivity contribution is 4.52. The van der Waals surface area contributed by atoms with Crippen molar-refractivity contribution >= 4 is 0 Å². The van der Waals surface area contributed by atoms with Crippen molar-refractivity contribution in [1.82, 2.24) is 0 Å². The van der Waals surface area contributed by atoms with Crippen LogP contribution < -0.4 is 0 Å². The Morgan fingerprint density at radius 1 is 0.170 bits per heavy atom. The fourth-order valence-electron chi connectivity index (χ4n) is 6.75. The number of unbranched alkanes of at least 4 members (excludes halogenated alkanes) is 34. The third-order valence-electron chi connectivity index (χ3n) is 10.0. The fourth-order valence-corrected chi connectivity index (χ4v) is 6.75. The molecule has 0 aromatic heterocycles. The van der Waals surface area contributed by atoms with Crippen LogP contribution in [-0.4, -0.2) is 39.6 Å². The van der Waals surface area contributed by atoms with Crippen LogP contribution in [0.3, 0.4) is 0 Å². The van der Waals surface area contributed by atoms with E-state index < -0.39 is 0 Å². The molecule has 3 nitrogen and oxygen atoms in total. The number of ether oxygens (including phenoxy) is 3. The topological polar surface area (TPSA) is 27.7 Å². The lowest BCUT2D eigenvalue weighted by Crippen LogP contribution is -2.10. The second-order valence-corrected chi connectivity index (χ2v) is 14.9. The van der Waals surface area contributed by atoms with Gasteiger partial charge in [0.15, 0.2) is 0 Å². The van der Waals surface area contributed by atoms with Crippen molar-refractivity contribution in [3.05, 3.63) is 0 Å². The Bertz CT molecular complexity index is 466. The van der Waals surface area contributed by atoms with Gasteiger partial charge < -0.3 is 14.2 Å². The predicted molar refractivity (Wildman–Crippen MR) is 210 cm³/mol. The second kappa shape index (κ2) is 45.9. The van der Waals surface area contributed by atoms with Gasteiger partial charge in [0.05, 0.1) is 26.4 Å². The molecule has 0 saturated carbocycles. The Kier molecular flexibility index (Phi) is 45.8. The number of rotatable bonds is 44. The summed E-state index contributed by atoms with van der Waals surface area (Å²) in [5.74, 6) is 0. The third-order valence-corrected chi connectivity index (χ3v) is 10.0. The van der Waals surface area contributed by atoms with Crippen molar-refractivity contribution in [2.24, 2.45) is 0 Å². The number of hydrogen-bond donors (Lipinski definition) is 0. The highest BCUT2D eigenvalue weighted by Gasteiger charge is 1.98. The molecular formula is C44H90O3. The van der Waals surface area contributed by atoms with Gasteiger partial charge in [-0.1, -0.05) is 232 Å². The normalized spacial score (nSPS) is 11.6. The molecule has 0 aliphatic rings. The molecule has 0 radical (unpaired) electrons. The van der Waals surface area contributed by atoms with Gasteiger partial charge in [-0.05, 0) is 12.8 Å². The smallest absolute Gasteiger partial charge is 0.0701 e. The molecule has 0 spiro atoms. The van der Waals surface area contributed by atoms with Crippen LogP contribution in [0.4, 0.5) is 0 Å². The van der Waals surface area contributed by atoms with Crippen LogP contribution in [0.2, 0.25) is 0 Å². The Morgan fingerprint density at radius 3 is 0.511 bits per heavy atom. The maximum atomic E-state index is 5.75. The summed E-state index contributed by atoms with van der Waals surface area (Å²) in [6.07, 6.45) is 51.1. The molecule has 0 N–H and O–H groups in total. The Hall–Kier alpha value is -0.120. The molecule has 47 heavy (non-hydrogen) atoms. The fraction of sp³-hybridized carbons (Fsp3) is 1.00. The average molecular weight is 667 g/mol. The van der Waals surface area contributed by atoms with Crippen molar-refractivity contribution in [1.29, 1.82) is 0 Å². The molecule has 0 heterocycles. The molecule has 284 valence electrons. The molecule has 3 heteroatoms. The highest BCUT2D eigenvalue weighted by atomic mass is 16.5. The second-order valence-electron chi connectivity index (χ2n) is 14.9. The van der Waals surface area contributed by atoms with Gasteiger partial charge in [-0.25, -0.2) is 0 Å². The maximum Gasteiger partial charge on any atom is 0.0701 e. The predicted octanol–water partition coefficient (Wildman–Crippen LogP) is 15.1. The summed E-state index contributed by atoms with van der Waals surface area (Å²) in [5, 5.41) is 0. The maximum absolute atomic E-state index is 5.75. The molecule has 0 amide bonds. The standard InChI is InChI=1S/C44H90O3/c1-3-5-7-9-11-13-15-17-19-21-23-25-27-29-31-33-35-37-39-45-41-43-47-44-42-46-40-38-36-34-32-30-28-26-24-22-20-18-16-14-12-10-8-6-4-2/h3-44H2,1-2H3. The van der Waals surface area contributed by atoms with E-state index in [1.54, 1.807) is 0 Å². The molecule has 0 aliphatic heterocycles. The van der Waals surface area contributed by atoms with Crippen molar-refractivity contribution in [3.8, 4) is 0 Å². The van der Waals surface area contributed by atoms with Crippen molar-refractivity contribution in [2.45, 2.75) is 245 Å². The Balaban J connectivity index is 3.03. The number of hydrogen-bond acceptors (Lipinski definition) is 3. The zero-order valence-electron chi connectivity index (χ0n) is 32.9. The first-order chi connectivity index (χ1) is 23.4. The molecule has 0 aromatic rings. The monoisotopic (exact) mass is 667 g/mol. The molecule has 0 bridgehead atoms. The highest BCUT2D eigenvalue weighted by Crippen LogP contribution is 2.16. The SMILES string of the molecule is CCCCCCCCCCCCCCCCCCCCOCCOCCOCCCCCCCCCCCCCCCCCCCC. The lowest BCUT2D eigenvalue weighted by atomic mass is 10.0. The van der Waals surface area contributed by atoms with Gasteiger partial charge in [-0.3, -0.25) is 0 Å². The van der Waals surface area contributed by atoms with Crippen LogP contribution in [0.1, 0.15) is 245 Å². The van der Waals surface area contributed by atoms with Gasteiger partial charge in [0.25, 0.3) is 0 Å². The van der Waals surface area contributed by atoms with E-state index in [9.17, 15) is 0 Å². The summed E-state index contributed by atoms with van der Waals surface area (Å²) in [5.41, 5.74) is 0. The summed E-state index contributed by atoms with van der Waals surface area (Å²) in [6.45, 7) is 9.21. The van der Waals surface area contributed by atoms with E-state index in [4.69, 9.17) is 14.2 Å². The molecular weight excluding hydrogens is 576 g/mol. The van der Waals surface area contributed by atoms with E-state index in [1.807, 2.05) is 0 Å². The van der Waals surface area contributed by atoms with E-state index >= 15 is 0 Å². The van der Waals surface area contributed by atoms with Crippen LogP contribution >= 0.6 is 0 Å². The Morgan fingerprint density at radius 2 is 0.319 bits per heavy atom. The van der Waals surface area contributed by atoms with Crippen LogP contribution in [0.5, 0.6) is 0 Å². The van der Waals surface area contributed by atoms with Crippen molar-refractivity contribution < 1.29 is 14.2 Å². The third kappa shape index (κ3) is 45.9. The summed E-state index contributed by atoms with van der Waals surface area (Å²) in [7, 11) is 0. The van der Waals surface area contributed by atoms with Crippen molar-refractivity contribution in [3.63, 3.8) is 0 Å². The molecule has 0 aromatic carbocycles. The molecule has 0 saturated heterocycles. The lowest BCUT2D eigenvalue weighted by molar-refractivity contribution is 0.0132. The summed E-state index contributed by atoms with van der Waals surface area (Å²) in [6, 6.07) is 0. The van der Waals surface area contributed by atoms with Crippen LogP contribution in [0.25, 0.3) is 0 Å². The molecule has 0 rings (SSSR count). The van der Waals surface area contributed by atoms with E-state index in [-0.39, 0.29) is 0 Å². The van der Waals surface area contributed by atoms with Gasteiger partial charge in [0.1, 0.15) is 0 Å². The van der Waals surface area contributed by atoms with E-state index in [0.29, 0.717) is 13.2 Å². The average Bonchev–Trinajstić information content (AvgIpc) is 3.08. The summed E-state index contributed by atoms with van der Waals surface area (Å²) < 4.78 is 17.2. The lowest BCUT2D eigenvalue weighted by Gasteiger charge is -2.07. The summed E-state index contributed by atoms with van der Waals surface area (Å²) >= 11 is 0. The van der Waals surface area contributed by atoms with Gasteiger partial charge in [0.2, 0.25) is 0 Å². The molecule has 0 unspecified atom stereocenters. The van der Waals surface area contributed by atoms with E-state index in [2.05, 4.69) is 13.8 Å². The van der Waals surface area contributed by atoms with E-state index in [1.165, 1.54) is 231 Å². The molecule has 0 aliphatic carbocycles. The quantitative estimate of drug-likeness (QED) is 0.0606. The zero-order valence-corrected chi connectivity index (χ0v) is 32.9. The van der Waals surface area contributed by atoms with Crippen molar-refractivity contribution in [2.75, 3.05) is 39.6 Å². The Labute approximate surface area is 298 Å². The van der Waals surface area contributed by atoms with Gasteiger partial charge in [0, 0.05) is 13.2 Å². The van der Waals surface area contributed by atoms with Crippen LogP contribution in [0, 0.1) is 0 Å². The molecule has 0 fully saturated rings. The van der Waals surface area contributed by atoms with Gasteiger partial charge in [-0.15, -0.1) is 0 Å². The minimum Gasteiger partial charge on any atom is -0.379 e. The van der Waals surface area contributed by atoms with Gasteiger partial charge >= 0.3 is 0 Å². The van der Waals surface area contributed by atoms with E-state index in [0.717, 1.165) is 26.4 Å². The first-order valence-electron chi connectivity index (χ1n) is 22.1. The van der Waals surface area contributed by atoms with Crippen LogP contribution in [0.15, 0.2) is 0 Å². The minimum atomic E-state index is 0.696. The summed E-state index contributed by atoms with van der Waals surface area (Å²) in [4.78, 5) is 0. The molecule has 0 atom stereocenters. The largest absolute Gasteiger partial charge is 0.379 e. The van der Waals surface area contributed by atoms with Gasteiger partial charge in [-0.2, -0.15) is 0 Å². The first kappa shape index (κ1) is 46.9.